The molecule has 2 saturated carbocycles. The average molecular weight is 361 g/mol. The predicted octanol–water partition coefficient (Wildman–Crippen LogP) is 3.26. The summed E-state index contributed by atoms with van der Waals surface area (Å²) in [6.45, 7) is 0.557. The maximum absolute atomic E-state index is 12.6. The molecule has 0 aliphatic heterocycles. The lowest BCUT2D eigenvalue weighted by molar-refractivity contribution is -0.127. The monoisotopic (exact) mass is 360 g/mol. The summed E-state index contributed by atoms with van der Waals surface area (Å²) >= 11 is 0. The fourth-order valence-corrected chi connectivity index (χ4v) is 4.54. The summed E-state index contributed by atoms with van der Waals surface area (Å²) in [6, 6.07) is 12.3. The number of fused-ring (bicyclic) bond motifs is 3. The Labute approximate surface area is 154 Å². The highest BCUT2D eigenvalue weighted by atomic mass is 35.5. The van der Waals surface area contributed by atoms with E-state index in [0.717, 1.165) is 34.9 Å². The first-order valence-electron chi connectivity index (χ1n) is 8.75. The highest BCUT2D eigenvalue weighted by molar-refractivity contribution is 5.85. The lowest BCUT2D eigenvalue weighted by atomic mass is 9.84. The quantitative estimate of drug-likeness (QED) is 0.879. The van der Waals surface area contributed by atoms with Gasteiger partial charge >= 0.3 is 0 Å². The Bertz CT molecular complexity index is 777. The van der Waals surface area contributed by atoms with Gasteiger partial charge in [-0.1, -0.05) is 18.2 Å². The molecule has 4 rings (SSSR count). The van der Waals surface area contributed by atoms with Crippen molar-refractivity contribution in [1.82, 2.24) is 5.32 Å². The van der Waals surface area contributed by atoms with E-state index in [1.54, 1.807) is 7.11 Å². The second-order valence-corrected chi connectivity index (χ2v) is 7.20. The van der Waals surface area contributed by atoms with E-state index in [0.29, 0.717) is 18.4 Å². The van der Waals surface area contributed by atoms with Gasteiger partial charge in [0, 0.05) is 12.6 Å². The number of hydrogen-bond donors (Lipinski definition) is 2. The van der Waals surface area contributed by atoms with Crippen molar-refractivity contribution in [1.29, 1.82) is 0 Å². The summed E-state index contributed by atoms with van der Waals surface area (Å²) in [5.74, 6) is 2.04. The third-order valence-corrected chi connectivity index (χ3v) is 5.86. The fraction of sp³-hybridized carbons (Fsp3) is 0.450. The Kier molecular flexibility index (Phi) is 5.21. The van der Waals surface area contributed by atoms with Crippen molar-refractivity contribution in [3.05, 3.63) is 42.0 Å². The largest absolute Gasteiger partial charge is 0.497 e. The van der Waals surface area contributed by atoms with Crippen molar-refractivity contribution >= 4 is 29.1 Å². The van der Waals surface area contributed by atoms with Crippen molar-refractivity contribution < 1.29 is 9.53 Å². The molecule has 2 aliphatic carbocycles. The smallest absolute Gasteiger partial charge is 0.225 e. The van der Waals surface area contributed by atoms with Gasteiger partial charge in [0.25, 0.3) is 0 Å². The zero-order chi connectivity index (χ0) is 16.7. The number of halogens is 1. The van der Waals surface area contributed by atoms with Gasteiger partial charge in [0.1, 0.15) is 5.75 Å². The van der Waals surface area contributed by atoms with E-state index >= 15 is 0 Å². The number of methoxy groups -OCH3 is 1. The normalized spacial score (nSPS) is 27.1. The molecule has 0 radical (unpaired) electrons. The lowest BCUT2D eigenvalue weighted by Gasteiger charge is -2.27. The zero-order valence-electron chi connectivity index (χ0n) is 14.4. The van der Waals surface area contributed by atoms with Gasteiger partial charge in [0.2, 0.25) is 5.91 Å². The fourth-order valence-electron chi connectivity index (χ4n) is 4.54. The van der Waals surface area contributed by atoms with E-state index in [-0.39, 0.29) is 30.3 Å². The van der Waals surface area contributed by atoms with Crippen molar-refractivity contribution in [2.45, 2.75) is 31.8 Å². The first kappa shape index (κ1) is 18.0. The predicted molar refractivity (Wildman–Crippen MR) is 102 cm³/mol. The highest BCUT2D eigenvalue weighted by Crippen LogP contribution is 2.47. The SMILES string of the molecule is COc1ccc2cc(CNC(=O)C3C4CCC(C4)C3N)ccc2c1.Cl. The second kappa shape index (κ2) is 7.22. The van der Waals surface area contributed by atoms with Gasteiger partial charge in [0.05, 0.1) is 13.0 Å². The van der Waals surface area contributed by atoms with Crippen LogP contribution in [-0.2, 0) is 11.3 Å². The first-order valence-corrected chi connectivity index (χ1v) is 8.75. The molecule has 0 spiro atoms. The Morgan fingerprint density at radius 2 is 1.88 bits per heavy atom. The zero-order valence-corrected chi connectivity index (χ0v) is 15.2. The molecule has 2 aliphatic rings. The molecule has 2 bridgehead atoms. The number of hydrogen-bond acceptors (Lipinski definition) is 3. The summed E-state index contributed by atoms with van der Waals surface area (Å²) in [6.07, 6.45) is 3.50. The maximum Gasteiger partial charge on any atom is 0.225 e. The van der Waals surface area contributed by atoms with E-state index in [2.05, 4.69) is 23.5 Å². The van der Waals surface area contributed by atoms with Gasteiger partial charge in [-0.05, 0) is 65.6 Å². The molecule has 134 valence electrons. The topological polar surface area (TPSA) is 64.3 Å². The molecular formula is C20H25ClN2O2. The molecule has 0 aromatic heterocycles. The van der Waals surface area contributed by atoms with E-state index in [1.165, 1.54) is 6.42 Å². The molecule has 3 N–H and O–H groups in total. The molecule has 0 saturated heterocycles. The van der Waals surface area contributed by atoms with E-state index in [1.807, 2.05) is 18.2 Å². The Hall–Kier alpha value is -1.78. The Morgan fingerprint density at radius 3 is 2.60 bits per heavy atom. The molecule has 2 aromatic rings. The first-order chi connectivity index (χ1) is 11.7. The molecular weight excluding hydrogens is 336 g/mol. The molecule has 4 unspecified atom stereocenters. The molecule has 4 atom stereocenters. The summed E-state index contributed by atoms with van der Waals surface area (Å²) < 4.78 is 5.25. The van der Waals surface area contributed by atoms with Crippen LogP contribution in [-0.4, -0.2) is 19.1 Å². The van der Waals surface area contributed by atoms with Crippen molar-refractivity contribution in [3.63, 3.8) is 0 Å². The summed E-state index contributed by atoms with van der Waals surface area (Å²) in [4.78, 5) is 12.6. The number of rotatable bonds is 4. The van der Waals surface area contributed by atoms with Gasteiger partial charge in [0.15, 0.2) is 0 Å². The number of nitrogens with one attached hydrogen (secondary N) is 1. The minimum Gasteiger partial charge on any atom is -0.497 e. The molecule has 1 amide bonds. The minimum atomic E-state index is 0. The van der Waals surface area contributed by atoms with E-state index in [9.17, 15) is 4.79 Å². The molecule has 0 heterocycles. The van der Waals surface area contributed by atoms with Gasteiger partial charge in [-0.2, -0.15) is 0 Å². The van der Waals surface area contributed by atoms with Crippen molar-refractivity contribution in [3.8, 4) is 5.75 Å². The number of ether oxygens (including phenoxy) is 1. The van der Waals surface area contributed by atoms with Crippen molar-refractivity contribution in [2.24, 2.45) is 23.5 Å². The molecule has 25 heavy (non-hydrogen) atoms. The highest BCUT2D eigenvalue weighted by Gasteiger charge is 2.48. The van der Waals surface area contributed by atoms with Gasteiger partial charge in [-0.15, -0.1) is 12.4 Å². The van der Waals surface area contributed by atoms with Gasteiger partial charge in [-0.25, -0.2) is 0 Å². The van der Waals surface area contributed by atoms with Crippen LogP contribution in [0, 0.1) is 17.8 Å². The summed E-state index contributed by atoms with van der Waals surface area (Å²) in [5.41, 5.74) is 7.37. The minimum absolute atomic E-state index is 0. The van der Waals surface area contributed by atoms with E-state index < -0.39 is 0 Å². The summed E-state index contributed by atoms with van der Waals surface area (Å²) in [5, 5.41) is 5.39. The number of carbonyl (C=O) groups excluding carboxylic acids is 1. The molecule has 5 heteroatoms. The van der Waals surface area contributed by atoms with E-state index in [4.69, 9.17) is 10.5 Å². The van der Waals surface area contributed by atoms with Crippen LogP contribution < -0.4 is 15.8 Å². The number of carbonyl (C=O) groups is 1. The number of benzene rings is 2. The summed E-state index contributed by atoms with van der Waals surface area (Å²) in [7, 11) is 1.67. The van der Waals surface area contributed by atoms with Crippen LogP contribution in [0.4, 0.5) is 0 Å². The van der Waals surface area contributed by atoms with Gasteiger partial charge in [-0.3, -0.25) is 4.79 Å². The lowest BCUT2D eigenvalue weighted by Crippen LogP contribution is -2.45. The maximum atomic E-state index is 12.6. The van der Waals surface area contributed by atoms with Crippen molar-refractivity contribution in [2.75, 3.05) is 7.11 Å². The van der Waals surface area contributed by atoms with Crippen LogP contribution >= 0.6 is 12.4 Å². The van der Waals surface area contributed by atoms with Crippen LogP contribution in [0.2, 0.25) is 0 Å². The van der Waals surface area contributed by atoms with Crippen LogP contribution in [0.1, 0.15) is 24.8 Å². The third-order valence-electron chi connectivity index (χ3n) is 5.86. The van der Waals surface area contributed by atoms with Crippen LogP contribution in [0.25, 0.3) is 10.8 Å². The Morgan fingerprint density at radius 1 is 1.16 bits per heavy atom. The number of nitrogens with two attached hydrogens (primary N) is 1. The number of amides is 1. The van der Waals surface area contributed by atoms with Crippen LogP contribution in [0.15, 0.2) is 36.4 Å². The molecule has 2 aromatic carbocycles. The second-order valence-electron chi connectivity index (χ2n) is 7.20. The third kappa shape index (κ3) is 3.33. The molecule has 2 fully saturated rings. The van der Waals surface area contributed by atoms with Crippen LogP contribution in [0.5, 0.6) is 5.75 Å². The Balaban J connectivity index is 0.00000182. The average Bonchev–Trinajstić information content (AvgIpc) is 3.20. The standard InChI is InChI=1S/C20H24N2O2.ClH/c1-24-17-7-6-13-8-12(2-3-14(13)10-17)11-22-20(23)18-15-4-5-16(9-15)19(18)21;/h2-3,6-8,10,15-16,18-19H,4-5,9,11,21H2,1H3,(H,22,23);1H. The van der Waals surface area contributed by atoms with Crippen LogP contribution in [0.3, 0.4) is 0 Å². The van der Waals surface area contributed by atoms with Gasteiger partial charge < -0.3 is 15.8 Å². The molecule has 4 nitrogen and oxygen atoms in total.